The topological polar surface area (TPSA) is 50.4 Å². The van der Waals surface area contributed by atoms with Crippen molar-refractivity contribution in [2.24, 2.45) is 0 Å². The zero-order valence-electron chi connectivity index (χ0n) is 11.9. The molecule has 0 radical (unpaired) electrons. The molecule has 1 aromatic carbocycles. The van der Waals surface area contributed by atoms with E-state index in [1.165, 1.54) is 12.8 Å². The maximum Gasteiger partial charge on any atom is 0.251 e. The molecule has 110 valence electrons. The van der Waals surface area contributed by atoms with Gasteiger partial charge in [0.1, 0.15) is 5.75 Å². The highest BCUT2D eigenvalue weighted by molar-refractivity contribution is 7.17. The summed E-state index contributed by atoms with van der Waals surface area (Å²) in [6.45, 7) is 0. The molecule has 1 aromatic heterocycles. The summed E-state index contributed by atoms with van der Waals surface area (Å²) in [7, 11) is 1.65. The molecule has 2 bridgehead atoms. The first-order chi connectivity index (χ1) is 10.2. The molecule has 2 fully saturated rings. The lowest BCUT2D eigenvalue weighted by molar-refractivity contribution is 0.0931. The monoisotopic (exact) mass is 302 g/mol. The molecular formula is C16H18N2O2S. The van der Waals surface area contributed by atoms with E-state index in [1.807, 2.05) is 23.6 Å². The van der Waals surface area contributed by atoms with Gasteiger partial charge in [0.2, 0.25) is 0 Å². The first-order valence-corrected chi connectivity index (χ1v) is 8.25. The summed E-state index contributed by atoms with van der Waals surface area (Å²) >= 11 is 1.63. The molecule has 4 rings (SSSR count). The third-order valence-corrected chi connectivity index (χ3v) is 5.50. The minimum Gasteiger partial charge on any atom is -0.496 e. The smallest absolute Gasteiger partial charge is 0.251 e. The standard InChI is InChI=1S/C16H18N2O2S/c1-20-14-6-9(7-15-11(14)4-5-21-15)16(19)18-13-8-10-2-3-12(13)17-10/h4-7,10,12-13,17H,2-3,8H2,1H3,(H,18,19)/t10-,12+,13-/m1/s1. The number of carbonyl (C=O) groups is 1. The van der Waals surface area contributed by atoms with E-state index < -0.39 is 0 Å². The lowest BCUT2D eigenvalue weighted by Gasteiger charge is -2.21. The number of methoxy groups -OCH3 is 1. The van der Waals surface area contributed by atoms with Crippen molar-refractivity contribution < 1.29 is 9.53 Å². The van der Waals surface area contributed by atoms with E-state index in [9.17, 15) is 4.79 Å². The summed E-state index contributed by atoms with van der Waals surface area (Å²) in [4.78, 5) is 12.5. The highest BCUT2D eigenvalue weighted by Gasteiger charge is 2.39. The van der Waals surface area contributed by atoms with Gasteiger partial charge in [-0.05, 0) is 42.8 Å². The fourth-order valence-corrected chi connectivity index (χ4v) is 4.41. The van der Waals surface area contributed by atoms with Crippen LogP contribution in [0.15, 0.2) is 23.6 Å². The fourth-order valence-electron chi connectivity index (χ4n) is 3.57. The third-order valence-electron chi connectivity index (χ3n) is 4.63. The van der Waals surface area contributed by atoms with Gasteiger partial charge in [-0.2, -0.15) is 0 Å². The Bertz CT molecular complexity index is 697. The van der Waals surface area contributed by atoms with Crippen LogP contribution in [0.5, 0.6) is 5.75 Å². The Labute approximate surface area is 127 Å². The average molecular weight is 302 g/mol. The van der Waals surface area contributed by atoms with Gasteiger partial charge in [0.05, 0.1) is 7.11 Å². The highest BCUT2D eigenvalue weighted by atomic mass is 32.1. The number of amides is 1. The zero-order chi connectivity index (χ0) is 14.4. The number of nitrogens with one attached hydrogen (secondary N) is 2. The minimum atomic E-state index is 0.00273. The van der Waals surface area contributed by atoms with Crippen LogP contribution >= 0.6 is 11.3 Å². The van der Waals surface area contributed by atoms with Crippen molar-refractivity contribution in [3.8, 4) is 5.75 Å². The first kappa shape index (κ1) is 13.1. The van der Waals surface area contributed by atoms with Gasteiger partial charge in [0.25, 0.3) is 5.91 Å². The molecule has 4 nitrogen and oxygen atoms in total. The quantitative estimate of drug-likeness (QED) is 0.916. The second-order valence-corrected chi connectivity index (χ2v) is 6.82. The SMILES string of the molecule is COc1cc(C(=O)N[C@@H]2C[C@H]3CC[C@@H]2N3)cc2sccc12. The van der Waals surface area contributed by atoms with Gasteiger partial charge in [0, 0.05) is 33.8 Å². The number of thiophene rings is 1. The van der Waals surface area contributed by atoms with Crippen LogP contribution in [0, 0.1) is 0 Å². The molecule has 1 amide bonds. The molecule has 0 aliphatic carbocycles. The van der Waals surface area contributed by atoms with Crippen LogP contribution in [-0.4, -0.2) is 31.1 Å². The van der Waals surface area contributed by atoms with Crippen LogP contribution in [0.4, 0.5) is 0 Å². The molecule has 0 unspecified atom stereocenters. The number of rotatable bonds is 3. The Morgan fingerprint density at radius 3 is 3.05 bits per heavy atom. The number of benzene rings is 1. The third kappa shape index (κ3) is 2.21. The predicted octanol–water partition coefficient (Wildman–Crippen LogP) is 2.53. The Hall–Kier alpha value is -1.59. The summed E-state index contributed by atoms with van der Waals surface area (Å²) in [6.07, 6.45) is 3.46. The maximum atomic E-state index is 12.5. The van der Waals surface area contributed by atoms with Gasteiger partial charge in [-0.15, -0.1) is 11.3 Å². The van der Waals surface area contributed by atoms with Crippen molar-refractivity contribution in [1.82, 2.24) is 10.6 Å². The van der Waals surface area contributed by atoms with Crippen molar-refractivity contribution in [1.29, 1.82) is 0 Å². The summed E-state index contributed by atoms with van der Waals surface area (Å²) in [6, 6.07) is 7.13. The molecule has 3 heterocycles. The van der Waals surface area contributed by atoms with E-state index in [2.05, 4.69) is 10.6 Å². The summed E-state index contributed by atoms with van der Waals surface area (Å²) in [5, 5.41) is 9.82. The summed E-state index contributed by atoms with van der Waals surface area (Å²) in [5.41, 5.74) is 0.685. The number of ether oxygens (including phenoxy) is 1. The van der Waals surface area contributed by atoms with E-state index in [0.717, 1.165) is 22.3 Å². The van der Waals surface area contributed by atoms with Crippen LogP contribution in [0.2, 0.25) is 0 Å². The molecule has 2 aliphatic rings. The maximum absolute atomic E-state index is 12.5. The second-order valence-electron chi connectivity index (χ2n) is 5.87. The van der Waals surface area contributed by atoms with Crippen LogP contribution in [-0.2, 0) is 0 Å². The summed E-state index contributed by atoms with van der Waals surface area (Å²) < 4.78 is 6.50. The Balaban J connectivity index is 1.59. The van der Waals surface area contributed by atoms with Crippen LogP contribution in [0.1, 0.15) is 29.6 Å². The van der Waals surface area contributed by atoms with Crippen LogP contribution in [0.25, 0.3) is 10.1 Å². The Morgan fingerprint density at radius 1 is 1.43 bits per heavy atom. The molecule has 3 atom stereocenters. The molecule has 21 heavy (non-hydrogen) atoms. The zero-order valence-corrected chi connectivity index (χ0v) is 12.7. The number of carbonyl (C=O) groups excluding carboxylic acids is 1. The number of hydrogen-bond donors (Lipinski definition) is 2. The molecule has 2 N–H and O–H groups in total. The van der Waals surface area contributed by atoms with Gasteiger partial charge in [-0.1, -0.05) is 0 Å². The normalized spacial score (nSPS) is 27.2. The lowest BCUT2D eigenvalue weighted by Crippen LogP contribution is -2.42. The second kappa shape index (κ2) is 5.00. The fraction of sp³-hybridized carbons (Fsp3) is 0.438. The van der Waals surface area contributed by atoms with Gasteiger partial charge >= 0.3 is 0 Å². The molecule has 2 aliphatic heterocycles. The minimum absolute atomic E-state index is 0.00273. The van der Waals surface area contributed by atoms with E-state index in [1.54, 1.807) is 18.4 Å². The van der Waals surface area contributed by atoms with Crippen LogP contribution < -0.4 is 15.4 Å². The molecule has 5 heteroatoms. The lowest BCUT2D eigenvalue weighted by atomic mass is 9.95. The largest absolute Gasteiger partial charge is 0.496 e. The number of hydrogen-bond acceptors (Lipinski definition) is 4. The predicted molar refractivity (Wildman–Crippen MR) is 84.2 cm³/mol. The van der Waals surface area contributed by atoms with Crippen molar-refractivity contribution in [3.05, 3.63) is 29.1 Å². The van der Waals surface area contributed by atoms with Crippen molar-refractivity contribution in [3.63, 3.8) is 0 Å². The Kier molecular flexibility index (Phi) is 3.12. The summed E-state index contributed by atoms with van der Waals surface area (Å²) in [5.74, 6) is 0.771. The van der Waals surface area contributed by atoms with Gasteiger partial charge in [-0.3, -0.25) is 4.79 Å². The Morgan fingerprint density at radius 2 is 2.33 bits per heavy atom. The van der Waals surface area contributed by atoms with Crippen molar-refractivity contribution >= 4 is 27.3 Å². The van der Waals surface area contributed by atoms with Gasteiger partial charge < -0.3 is 15.4 Å². The average Bonchev–Trinajstić information content (AvgIpc) is 3.21. The van der Waals surface area contributed by atoms with E-state index >= 15 is 0 Å². The molecule has 0 saturated carbocycles. The molecule has 2 aromatic rings. The highest BCUT2D eigenvalue weighted by Crippen LogP contribution is 2.32. The van der Waals surface area contributed by atoms with Gasteiger partial charge in [0.15, 0.2) is 0 Å². The number of fused-ring (bicyclic) bond motifs is 3. The van der Waals surface area contributed by atoms with Crippen molar-refractivity contribution in [2.75, 3.05) is 7.11 Å². The van der Waals surface area contributed by atoms with Gasteiger partial charge in [-0.25, -0.2) is 0 Å². The van der Waals surface area contributed by atoms with Crippen molar-refractivity contribution in [2.45, 2.75) is 37.4 Å². The molecule has 2 saturated heterocycles. The molecular weight excluding hydrogens is 284 g/mol. The van der Waals surface area contributed by atoms with Crippen LogP contribution in [0.3, 0.4) is 0 Å². The molecule has 0 spiro atoms. The first-order valence-electron chi connectivity index (χ1n) is 7.37. The van der Waals surface area contributed by atoms with E-state index in [4.69, 9.17) is 4.74 Å². The van der Waals surface area contributed by atoms with E-state index in [0.29, 0.717) is 17.6 Å². The van der Waals surface area contributed by atoms with E-state index in [-0.39, 0.29) is 11.9 Å².